The molecule has 0 bridgehead atoms. The molecule has 1 rings (SSSR count). The largest absolute Gasteiger partial charge is 0.394 e. The van der Waals surface area contributed by atoms with Crippen LogP contribution in [0, 0.1) is 16.7 Å². The van der Waals surface area contributed by atoms with E-state index in [0.717, 1.165) is 0 Å². The summed E-state index contributed by atoms with van der Waals surface area (Å²) in [7, 11) is 0. The lowest BCUT2D eigenvalue weighted by Gasteiger charge is -2.15. The van der Waals surface area contributed by atoms with Crippen molar-refractivity contribution in [1.29, 1.82) is 5.26 Å². The van der Waals surface area contributed by atoms with Crippen molar-refractivity contribution in [3.05, 3.63) is 0 Å². The smallest absolute Gasteiger partial charge is 0.240 e. The van der Waals surface area contributed by atoms with Crippen molar-refractivity contribution in [3.8, 4) is 6.07 Å². The van der Waals surface area contributed by atoms with Crippen LogP contribution in [0.5, 0.6) is 0 Å². The number of nitrogens with zero attached hydrogens (tertiary/aromatic N) is 1. The summed E-state index contributed by atoms with van der Waals surface area (Å²) < 4.78 is 0. The van der Waals surface area contributed by atoms with Crippen LogP contribution < -0.4 is 5.32 Å². The van der Waals surface area contributed by atoms with Gasteiger partial charge >= 0.3 is 0 Å². The molecule has 0 aromatic heterocycles. The third-order valence-electron chi connectivity index (χ3n) is 2.45. The molecule has 1 saturated carbocycles. The summed E-state index contributed by atoms with van der Waals surface area (Å²) in [6, 6.07) is 1.80. The molecule has 0 saturated heterocycles. The van der Waals surface area contributed by atoms with Crippen molar-refractivity contribution in [1.82, 2.24) is 5.32 Å². The lowest BCUT2D eigenvalue weighted by molar-refractivity contribution is -0.125. The molecule has 13 heavy (non-hydrogen) atoms. The molecule has 0 spiro atoms. The molecule has 0 aliphatic heterocycles. The van der Waals surface area contributed by atoms with Crippen LogP contribution in [0.2, 0.25) is 0 Å². The number of nitrogens with one attached hydrogen (secondary N) is 1. The Morgan fingerprint density at radius 1 is 1.77 bits per heavy atom. The first kappa shape index (κ1) is 10.0. The minimum absolute atomic E-state index is 0.0657. The van der Waals surface area contributed by atoms with E-state index >= 15 is 0 Å². The number of aliphatic hydroxyl groups excluding tert-OH is 1. The average molecular weight is 182 g/mol. The van der Waals surface area contributed by atoms with Crippen LogP contribution in [0.1, 0.15) is 26.2 Å². The first-order valence-electron chi connectivity index (χ1n) is 4.51. The molecule has 1 aliphatic carbocycles. The van der Waals surface area contributed by atoms with E-state index in [2.05, 4.69) is 5.32 Å². The molecule has 4 nitrogen and oxygen atoms in total. The predicted octanol–water partition coefficient (Wildman–Crippen LogP) is 0.177. The molecule has 72 valence electrons. The predicted molar refractivity (Wildman–Crippen MR) is 46.6 cm³/mol. The van der Waals surface area contributed by atoms with Gasteiger partial charge in [-0.3, -0.25) is 4.79 Å². The van der Waals surface area contributed by atoms with Gasteiger partial charge in [-0.1, -0.05) is 6.92 Å². The fraction of sp³-hybridized carbons (Fsp3) is 0.778. The first-order chi connectivity index (χ1) is 6.18. The van der Waals surface area contributed by atoms with Crippen molar-refractivity contribution < 1.29 is 9.90 Å². The number of aliphatic hydroxyl groups is 1. The van der Waals surface area contributed by atoms with Crippen LogP contribution in [0.4, 0.5) is 0 Å². The maximum atomic E-state index is 11.4. The van der Waals surface area contributed by atoms with Gasteiger partial charge in [0, 0.05) is 0 Å². The second-order valence-electron chi connectivity index (χ2n) is 3.46. The van der Waals surface area contributed by atoms with Crippen LogP contribution in [0.25, 0.3) is 0 Å². The number of nitriles is 1. The SMILES string of the molecule is CCC(CO)NC(=O)C1(C#N)CC1. The topological polar surface area (TPSA) is 73.1 Å². The number of carbonyl (C=O) groups excluding carboxylic acids is 1. The minimum Gasteiger partial charge on any atom is -0.394 e. The highest BCUT2D eigenvalue weighted by Crippen LogP contribution is 2.45. The summed E-state index contributed by atoms with van der Waals surface area (Å²) >= 11 is 0. The average Bonchev–Trinajstić information content (AvgIpc) is 2.94. The summed E-state index contributed by atoms with van der Waals surface area (Å²) in [5.41, 5.74) is -0.775. The zero-order chi connectivity index (χ0) is 9.90. The Bertz CT molecular complexity index is 236. The lowest BCUT2D eigenvalue weighted by Crippen LogP contribution is -2.41. The number of hydrogen-bond acceptors (Lipinski definition) is 3. The van der Waals surface area contributed by atoms with E-state index in [0.29, 0.717) is 19.3 Å². The molecule has 1 fully saturated rings. The molecular formula is C9H14N2O2. The number of carbonyl (C=O) groups is 1. The van der Waals surface area contributed by atoms with E-state index in [1.165, 1.54) is 0 Å². The molecule has 1 atom stereocenters. The Labute approximate surface area is 77.6 Å². The zero-order valence-corrected chi connectivity index (χ0v) is 7.71. The summed E-state index contributed by atoms with van der Waals surface area (Å²) in [6.45, 7) is 1.82. The van der Waals surface area contributed by atoms with Crippen LogP contribution in [-0.4, -0.2) is 23.7 Å². The van der Waals surface area contributed by atoms with Gasteiger partial charge in [0.2, 0.25) is 5.91 Å². The first-order valence-corrected chi connectivity index (χ1v) is 4.51. The van der Waals surface area contributed by atoms with Crippen molar-refractivity contribution in [2.45, 2.75) is 32.2 Å². The van der Waals surface area contributed by atoms with Crippen LogP contribution in [-0.2, 0) is 4.79 Å². The fourth-order valence-electron chi connectivity index (χ4n) is 1.11. The van der Waals surface area contributed by atoms with E-state index in [9.17, 15) is 4.79 Å². The molecule has 1 aliphatic rings. The standard InChI is InChI=1S/C9H14N2O2/c1-2-7(5-12)11-8(13)9(6-10)3-4-9/h7,12H,2-5H2,1H3,(H,11,13). The van der Waals surface area contributed by atoms with Gasteiger partial charge in [-0.15, -0.1) is 0 Å². The fourth-order valence-corrected chi connectivity index (χ4v) is 1.11. The second-order valence-corrected chi connectivity index (χ2v) is 3.46. The summed E-state index contributed by atoms with van der Waals surface area (Å²) in [4.78, 5) is 11.4. The quantitative estimate of drug-likeness (QED) is 0.651. The number of hydrogen-bond donors (Lipinski definition) is 2. The van der Waals surface area contributed by atoms with Gasteiger partial charge < -0.3 is 10.4 Å². The summed E-state index contributed by atoms with van der Waals surface area (Å²) in [5.74, 6) is -0.226. The molecular weight excluding hydrogens is 168 g/mol. The molecule has 1 amide bonds. The Morgan fingerprint density at radius 3 is 2.69 bits per heavy atom. The Hall–Kier alpha value is -1.08. The molecule has 0 aromatic carbocycles. The maximum absolute atomic E-state index is 11.4. The van der Waals surface area contributed by atoms with E-state index in [1.54, 1.807) is 0 Å². The molecule has 2 N–H and O–H groups in total. The van der Waals surface area contributed by atoms with Crippen LogP contribution in [0.15, 0.2) is 0 Å². The van der Waals surface area contributed by atoms with Gasteiger partial charge in [0.25, 0.3) is 0 Å². The molecule has 1 unspecified atom stereocenters. The lowest BCUT2D eigenvalue weighted by atomic mass is 10.1. The van der Waals surface area contributed by atoms with Crippen molar-refractivity contribution in [2.24, 2.45) is 5.41 Å². The number of amides is 1. The number of rotatable bonds is 4. The molecule has 4 heteroatoms. The van der Waals surface area contributed by atoms with Crippen molar-refractivity contribution in [2.75, 3.05) is 6.61 Å². The summed E-state index contributed by atoms with van der Waals surface area (Å²) in [5, 5.41) is 20.2. The minimum atomic E-state index is -0.775. The maximum Gasteiger partial charge on any atom is 0.240 e. The van der Waals surface area contributed by atoms with E-state index < -0.39 is 5.41 Å². The second kappa shape index (κ2) is 3.75. The van der Waals surface area contributed by atoms with Gasteiger partial charge in [0.1, 0.15) is 5.41 Å². The normalized spacial score (nSPS) is 20.1. The van der Waals surface area contributed by atoms with E-state index in [1.807, 2.05) is 13.0 Å². The van der Waals surface area contributed by atoms with Crippen LogP contribution >= 0.6 is 0 Å². The third-order valence-corrected chi connectivity index (χ3v) is 2.45. The van der Waals surface area contributed by atoms with E-state index in [4.69, 9.17) is 10.4 Å². The summed E-state index contributed by atoms with van der Waals surface area (Å²) in [6.07, 6.45) is 1.98. The highest BCUT2D eigenvalue weighted by molar-refractivity contribution is 5.88. The molecule has 0 radical (unpaired) electrons. The Kier molecular flexibility index (Phi) is 2.89. The van der Waals surface area contributed by atoms with Gasteiger partial charge in [0.05, 0.1) is 18.7 Å². The monoisotopic (exact) mass is 182 g/mol. The van der Waals surface area contributed by atoms with Gasteiger partial charge in [-0.25, -0.2) is 0 Å². The Morgan fingerprint density at radius 2 is 2.38 bits per heavy atom. The Balaban J connectivity index is 2.46. The van der Waals surface area contributed by atoms with Gasteiger partial charge in [-0.2, -0.15) is 5.26 Å². The molecule has 0 aromatic rings. The van der Waals surface area contributed by atoms with Crippen molar-refractivity contribution in [3.63, 3.8) is 0 Å². The van der Waals surface area contributed by atoms with Gasteiger partial charge in [-0.05, 0) is 19.3 Å². The zero-order valence-electron chi connectivity index (χ0n) is 7.71. The highest BCUT2D eigenvalue weighted by Gasteiger charge is 2.50. The van der Waals surface area contributed by atoms with Crippen molar-refractivity contribution >= 4 is 5.91 Å². The van der Waals surface area contributed by atoms with E-state index in [-0.39, 0.29) is 18.6 Å². The highest BCUT2D eigenvalue weighted by atomic mass is 16.3. The third kappa shape index (κ3) is 1.99. The molecule has 0 heterocycles. The van der Waals surface area contributed by atoms with Gasteiger partial charge in [0.15, 0.2) is 0 Å². The van der Waals surface area contributed by atoms with Crippen LogP contribution in [0.3, 0.4) is 0 Å².